The minimum absolute atomic E-state index is 0.0268. The number of nitrogen functional groups attached to an aromatic ring is 1. The Kier molecular flexibility index (Phi) is 5.44. The highest BCUT2D eigenvalue weighted by molar-refractivity contribution is 5.71. The van der Waals surface area contributed by atoms with Crippen LogP contribution < -0.4 is 17.0 Å². The van der Waals surface area contributed by atoms with Crippen molar-refractivity contribution in [1.82, 2.24) is 24.0 Å². The first kappa shape index (κ1) is 20.0. The molecule has 12 nitrogen and oxygen atoms in total. The lowest BCUT2D eigenvalue weighted by molar-refractivity contribution is -0.0528. The molecule has 0 aliphatic carbocycles. The number of aromatic amines is 1. The van der Waals surface area contributed by atoms with Crippen molar-refractivity contribution in [2.45, 2.75) is 50.3 Å². The predicted molar refractivity (Wildman–Crippen MR) is 102 cm³/mol. The van der Waals surface area contributed by atoms with E-state index < -0.39 is 42.4 Å². The Morgan fingerprint density at radius 1 is 1.14 bits per heavy atom. The molecule has 2 aromatic rings. The highest BCUT2D eigenvalue weighted by atomic mass is 16.6. The number of likely N-dealkylation sites (tertiary alicyclic amines) is 1. The Morgan fingerprint density at radius 3 is 2.52 bits per heavy atom. The molecule has 6 N–H and O–H groups in total. The normalized spacial score (nSPS) is 28.4. The summed E-state index contributed by atoms with van der Waals surface area (Å²) in [5.74, 6) is -0.184. The van der Waals surface area contributed by atoms with E-state index in [0.29, 0.717) is 6.54 Å². The highest BCUT2D eigenvalue weighted by Crippen LogP contribution is 2.30. The maximum Gasteiger partial charge on any atom is 0.332 e. The molecule has 4 heterocycles. The number of fused-ring (bicyclic) bond motifs is 1. The molecule has 0 amide bonds. The fourth-order valence-corrected chi connectivity index (χ4v) is 4.15. The van der Waals surface area contributed by atoms with Crippen molar-refractivity contribution in [1.29, 1.82) is 0 Å². The van der Waals surface area contributed by atoms with Gasteiger partial charge in [0.2, 0.25) is 5.95 Å². The van der Waals surface area contributed by atoms with Gasteiger partial charge in [-0.3, -0.25) is 14.3 Å². The van der Waals surface area contributed by atoms with Crippen molar-refractivity contribution in [2.24, 2.45) is 0 Å². The molecule has 0 aromatic carbocycles. The largest absolute Gasteiger partial charge is 0.394 e. The average Bonchev–Trinajstić information content (AvgIpc) is 3.14. The topological polar surface area (TPSA) is 172 Å². The van der Waals surface area contributed by atoms with Crippen LogP contribution in [0, 0.1) is 0 Å². The Hall–Kier alpha value is -2.25. The maximum absolute atomic E-state index is 13.2. The van der Waals surface area contributed by atoms with E-state index in [1.165, 1.54) is 11.0 Å². The summed E-state index contributed by atoms with van der Waals surface area (Å²) in [5.41, 5.74) is 4.48. The molecule has 4 rings (SSSR count). The molecule has 29 heavy (non-hydrogen) atoms. The Balaban J connectivity index is 1.77. The summed E-state index contributed by atoms with van der Waals surface area (Å²) in [5, 5.41) is 29.8. The fourth-order valence-electron chi connectivity index (χ4n) is 4.15. The van der Waals surface area contributed by atoms with Crippen molar-refractivity contribution in [2.75, 3.05) is 32.0 Å². The van der Waals surface area contributed by atoms with Crippen LogP contribution in [0.4, 0.5) is 5.95 Å². The van der Waals surface area contributed by atoms with Crippen LogP contribution in [0.5, 0.6) is 0 Å². The second kappa shape index (κ2) is 7.88. The smallest absolute Gasteiger partial charge is 0.332 e. The molecule has 4 atom stereocenters. The van der Waals surface area contributed by atoms with Gasteiger partial charge in [-0.15, -0.1) is 0 Å². The molecule has 2 aromatic heterocycles. The number of H-pyrrole nitrogens is 1. The number of anilines is 1. The van der Waals surface area contributed by atoms with E-state index in [4.69, 9.17) is 10.5 Å². The van der Waals surface area contributed by atoms with Gasteiger partial charge >= 0.3 is 5.69 Å². The molecule has 12 heteroatoms. The Bertz CT molecular complexity index is 993. The lowest BCUT2D eigenvalue weighted by atomic mass is 10.1. The van der Waals surface area contributed by atoms with Gasteiger partial charge in [0.05, 0.1) is 6.61 Å². The van der Waals surface area contributed by atoms with Crippen molar-refractivity contribution in [3.8, 4) is 0 Å². The lowest BCUT2D eigenvalue weighted by Crippen LogP contribution is -2.38. The van der Waals surface area contributed by atoms with E-state index in [-0.39, 0.29) is 23.7 Å². The van der Waals surface area contributed by atoms with Gasteiger partial charge in [-0.25, -0.2) is 9.36 Å². The molecule has 0 radical (unpaired) electrons. The van der Waals surface area contributed by atoms with Crippen molar-refractivity contribution < 1.29 is 20.1 Å². The number of piperidine rings is 1. The zero-order valence-electron chi connectivity index (χ0n) is 15.9. The first-order valence-corrected chi connectivity index (χ1v) is 9.77. The van der Waals surface area contributed by atoms with Crippen LogP contribution in [0.1, 0.15) is 25.5 Å². The zero-order valence-corrected chi connectivity index (χ0v) is 15.9. The van der Waals surface area contributed by atoms with Crippen molar-refractivity contribution in [3.05, 3.63) is 20.8 Å². The Morgan fingerprint density at radius 2 is 1.86 bits per heavy atom. The highest BCUT2D eigenvalue weighted by Gasteiger charge is 2.45. The van der Waals surface area contributed by atoms with Crippen LogP contribution in [-0.2, 0) is 11.3 Å². The van der Waals surface area contributed by atoms with Crippen LogP contribution >= 0.6 is 0 Å². The quantitative estimate of drug-likeness (QED) is 0.359. The molecule has 0 spiro atoms. The van der Waals surface area contributed by atoms with E-state index >= 15 is 0 Å². The Labute approximate surface area is 165 Å². The summed E-state index contributed by atoms with van der Waals surface area (Å²) in [6.45, 7) is 2.17. The summed E-state index contributed by atoms with van der Waals surface area (Å²) in [6, 6.07) is 0. The van der Waals surface area contributed by atoms with Gasteiger partial charge in [0.1, 0.15) is 18.3 Å². The summed E-state index contributed by atoms with van der Waals surface area (Å²) in [4.78, 5) is 34.5. The van der Waals surface area contributed by atoms with Crippen molar-refractivity contribution in [3.63, 3.8) is 0 Å². The second-order valence-corrected chi connectivity index (χ2v) is 7.56. The third-order valence-corrected chi connectivity index (χ3v) is 5.69. The number of nitrogens with zero attached hydrogens (tertiary/aromatic N) is 4. The summed E-state index contributed by atoms with van der Waals surface area (Å²) < 4.78 is 7.82. The van der Waals surface area contributed by atoms with E-state index in [2.05, 4.69) is 14.9 Å². The monoisotopic (exact) mass is 410 g/mol. The van der Waals surface area contributed by atoms with Crippen LogP contribution in [0.25, 0.3) is 11.2 Å². The summed E-state index contributed by atoms with van der Waals surface area (Å²) in [7, 11) is 0. The SMILES string of the molecule is Nc1nc2c(c(=O)[nH]1)n(CCN1CCCCC1)c(=O)n2C1OC(CO)[C@@H](O)[C@H]1O. The van der Waals surface area contributed by atoms with E-state index in [0.717, 1.165) is 30.5 Å². The number of aromatic nitrogens is 4. The van der Waals surface area contributed by atoms with Crippen LogP contribution in [0.2, 0.25) is 0 Å². The number of aliphatic hydroxyl groups excluding tert-OH is 3. The van der Waals surface area contributed by atoms with Gasteiger partial charge in [-0.2, -0.15) is 4.98 Å². The molecule has 0 saturated carbocycles. The predicted octanol–water partition coefficient (Wildman–Crippen LogP) is -2.43. The molecule has 2 saturated heterocycles. The zero-order chi connectivity index (χ0) is 20.7. The minimum Gasteiger partial charge on any atom is -0.394 e. The molecular weight excluding hydrogens is 384 g/mol. The van der Waals surface area contributed by atoms with Gasteiger partial charge in [0.25, 0.3) is 5.56 Å². The standard InChI is InChI=1S/C17H26N6O6/c18-16-19-13-10(14(27)20-16)22(7-6-21-4-2-1-3-5-21)17(28)23(13)15-12(26)11(25)9(8-24)29-15/h9,11-12,15,24-26H,1-8H2,(H3,18,19,20,27)/t9?,11-,12-,15?/m1/s1. The number of nitrogens with two attached hydrogens (primary N) is 1. The minimum atomic E-state index is -1.48. The molecule has 2 aliphatic heterocycles. The number of rotatable bonds is 5. The fraction of sp³-hybridized carbons (Fsp3) is 0.706. The summed E-state index contributed by atoms with van der Waals surface area (Å²) in [6.07, 6.45) is -1.86. The second-order valence-electron chi connectivity index (χ2n) is 7.56. The van der Waals surface area contributed by atoms with Gasteiger partial charge in [0, 0.05) is 13.1 Å². The molecular formula is C17H26N6O6. The molecule has 2 fully saturated rings. The number of aliphatic hydroxyl groups is 3. The van der Waals surface area contributed by atoms with Gasteiger partial charge in [-0.05, 0) is 25.9 Å². The van der Waals surface area contributed by atoms with Crippen LogP contribution in [-0.4, -0.2) is 83.9 Å². The van der Waals surface area contributed by atoms with Crippen LogP contribution in [0.3, 0.4) is 0 Å². The van der Waals surface area contributed by atoms with Crippen molar-refractivity contribution >= 4 is 17.1 Å². The molecule has 2 aliphatic rings. The first-order chi connectivity index (χ1) is 13.9. The molecule has 160 valence electrons. The maximum atomic E-state index is 13.2. The average molecular weight is 410 g/mol. The first-order valence-electron chi connectivity index (χ1n) is 9.77. The van der Waals surface area contributed by atoms with Gasteiger partial charge in [-0.1, -0.05) is 6.42 Å². The third kappa shape index (κ3) is 3.46. The van der Waals surface area contributed by atoms with Gasteiger partial charge < -0.3 is 30.7 Å². The number of hydrogen-bond acceptors (Lipinski definition) is 9. The number of nitrogens with one attached hydrogen (secondary N) is 1. The van der Waals surface area contributed by atoms with Crippen LogP contribution in [0.15, 0.2) is 9.59 Å². The lowest BCUT2D eigenvalue weighted by Gasteiger charge is -2.26. The number of ether oxygens (including phenoxy) is 1. The number of hydrogen-bond donors (Lipinski definition) is 5. The van der Waals surface area contributed by atoms with E-state index in [1.54, 1.807) is 0 Å². The van der Waals surface area contributed by atoms with E-state index in [9.17, 15) is 24.9 Å². The molecule has 0 bridgehead atoms. The third-order valence-electron chi connectivity index (χ3n) is 5.69. The number of imidazole rings is 1. The van der Waals surface area contributed by atoms with Gasteiger partial charge in [0.15, 0.2) is 17.4 Å². The van der Waals surface area contributed by atoms with E-state index in [1.807, 2.05) is 0 Å². The molecule has 2 unspecified atom stereocenters. The summed E-state index contributed by atoms with van der Waals surface area (Å²) >= 11 is 0.